The number of anilines is 1. The maximum absolute atomic E-state index is 12.6. The number of rotatable bonds is 5. The smallest absolute Gasteiger partial charge is 0.274 e. The second-order valence-corrected chi connectivity index (χ2v) is 5.73. The fraction of sp³-hybridized carbons (Fsp3) is 0.263. The van der Waals surface area contributed by atoms with Gasteiger partial charge in [0.25, 0.3) is 5.91 Å². The molecule has 0 radical (unpaired) electrons. The molecular weight excluding hydrogens is 286 g/mol. The van der Waals surface area contributed by atoms with E-state index in [0.717, 1.165) is 23.4 Å². The molecule has 3 aromatic rings. The van der Waals surface area contributed by atoms with Crippen LogP contribution in [0.4, 0.5) is 5.69 Å². The Morgan fingerprint density at radius 1 is 1.17 bits per heavy atom. The van der Waals surface area contributed by atoms with Gasteiger partial charge in [0.05, 0.1) is 5.69 Å². The zero-order valence-electron chi connectivity index (χ0n) is 13.5. The molecule has 1 amide bonds. The molecule has 1 N–H and O–H groups in total. The maximum atomic E-state index is 12.6. The van der Waals surface area contributed by atoms with E-state index >= 15 is 0 Å². The van der Waals surface area contributed by atoms with Gasteiger partial charge in [0.15, 0.2) is 0 Å². The minimum absolute atomic E-state index is 0.137. The Hall–Kier alpha value is -2.62. The fourth-order valence-corrected chi connectivity index (χ4v) is 2.71. The van der Waals surface area contributed by atoms with Gasteiger partial charge < -0.3 is 5.32 Å². The Morgan fingerprint density at radius 3 is 2.70 bits per heavy atom. The number of aromatic nitrogens is 2. The van der Waals surface area contributed by atoms with Crippen LogP contribution < -0.4 is 5.32 Å². The normalized spacial score (nSPS) is 10.9. The Kier molecular flexibility index (Phi) is 4.42. The van der Waals surface area contributed by atoms with Gasteiger partial charge in [0.1, 0.15) is 11.3 Å². The number of hydrogen-bond acceptors (Lipinski definition) is 2. The van der Waals surface area contributed by atoms with Crippen molar-refractivity contribution in [3.63, 3.8) is 0 Å². The number of fused-ring (bicyclic) bond motifs is 1. The summed E-state index contributed by atoms with van der Waals surface area (Å²) in [5, 5.41) is 2.96. The zero-order valence-corrected chi connectivity index (χ0v) is 13.5. The molecule has 0 spiro atoms. The van der Waals surface area contributed by atoms with Crippen molar-refractivity contribution in [3.8, 4) is 0 Å². The zero-order chi connectivity index (χ0) is 16.2. The molecule has 0 aliphatic heterocycles. The van der Waals surface area contributed by atoms with Gasteiger partial charge in [-0.3, -0.25) is 9.20 Å². The number of nitrogens with one attached hydrogen (secondary N) is 1. The lowest BCUT2D eigenvalue weighted by Crippen LogP contribution is -2.15. The molecule has 0 aliphatic rings. The van der Waals surface area contributed by atoms with Crippen molar-refractivity contribution in [2.24, 2.45) is 0 Å². The molecule has 1 aromatic carbocycles. The second kappa shape index (κ2) is 6.65. The number of carbonyl (C=O) groups is 1. The molecule has 0 atom stereocenters. The highest BCUT2D eigenvalue weighted by molar-refractivity contribution is 6.04. The van der Waals surface area contributed by atoms with Crippen LogP contribution in [0.3, 0.4) is 0 Å². The lowest BCUT2D eigenvalue weighted by molar-refractivity contribution is 0.102. The van der Waals surface area contributed by atoms with Crippen LogP contribution in [0.5, 0.6) is 0 Å². The lowest BCUT2D eigenvalue weighted by Gasteiger charge is -2.07. The van der Waals surface area contributed by atoms with E-state index in [9.17, 15) is 4.79 Å². The van der Waals surface area contributed by atoms with Gasteiger partial charge in [-0.15, -0.1) is 0 Å². The number of benzene rings is 1. The van der Waals surface area contributed by atoms with Gasteiger partial charge in [-0.1, -0.05) is 31.5 Å². The summed E-state index contributed by atoms with van der Waals surface area (Å²) in [5.74, 6) is -0.137. The van der Waals surface area contributed by atoms with Gasteiger partial charge in [-0.05, 0) is 49.6 Å². The monoisotopic (exact) mass is 307 g/mol. The van der Waals surface area contributed by atoms with Crippen LogP contribution in [-0.2, 0) is 6.42 Å². The molecule has 23 heavy (non-hydrogen) atoms. The van der Waals surface area contributed by atoms with Gasteiger partial charge in [0, 0.05) is 11.9 Å². The third-order valence-corrected chi connectivity index (χ3v) is 3.95. The van der Waals surface area contributed by atoms with E-state index in [4.69, 9.17) is 0 Å². The molecule has 4 nitrogen and oxygen atoms in total. The predicted octanol–water partition coefficient (Wildman–Crippen LogP) is 4.24. The first-order valence-electron chi connectivity index (χ1n) is 8.03. The molecule has 0 unspecified atom stereocenters. The molecule has 3 rings (SSSR count). The molecule has 2 heterocycles. The highest BCUT2D eigenvalue weighted by Gasteiger charge is 2.16. The van der Waals surface area contributed by atoms with Crippen molar-refractivity contribution in [2.75, 3.05) is 5.32 Å². The van der Waals surface area contributed by atoms with E-state index in [1.807, 2.05) is 47.9 Å². The molecule has 0 bridgehead atoms. The third-order valence-electron chi connectivity index (χ3n) is 3.95. The summed E-state index contributed by atoms with van der Waals surface area (Å²) in [6.07, 6.45) is 5.31. The quantitative estimate of drug-likeness (QED) is 0.766. The largest absolute Gasteiger partial charge is 0.321 e. The number of unbranched alkanes of at least 4 members (excludes halogenated alkanes) is 1. The Bertz CT molecular complexity index is 818. The van der Waals surface area contributed by atoms with Crippen molar-refractivity contribution in [1.82, 2.24) is 9.38 Å². The minimum Gasteiger partial charge on any atom is -0.321 e. The van der Waals surface area contributed by atoms with E-state index in [-0.39, 0.29) is 5.91 Å². The number of amides is 1. The average molecular weight is 307 g/mol. The van der Waals surface area contributed by atoms with Gasteiger partial charge in [0.2, 0.25) is 0 Å². The third kappa shape index (κ3) is 3.26. The number of nitrogens with zero attached hydrogens (tertiary/aromatic N) is 2. The summed E-state index contributed by atoms with van der Waals surface area (Å²) in [6.45, 7) is 4.04. The molecule has 0 fully saturated rings. The van der Waals surface area contributed by atoms with E-state index in [2.05, 4.69) is 29.4 Å². The Labute approximate surface area is 136 Å². The number of pyridine rings is 1. The van der Waals surface area contributed by atoms with E-state index < -0.39 is 0 Å². The van der Waals surface area contributed by atoms with E-state index in [0.29, 0.717) is 5.69 Å². The van der Waals surface area contributed by atoms with Gasteiger partial charge in [-0.25, -0.2) is 4.98 Å². The first kappa shape index (κ1) is 15.3. The van der Waals surface area contributed by atoms with Gasteiger partial charge >= 0.3 is 0 Å². The van der Waals surface area contributed by atoms with Crippen molar-refractivity contribution in [3.05, 3.63) is 65.6 Å². The van der Waals surface area contributed by atoms with Crippen LogP contribution in [0.25, 0.3) is 5.65 Å². The number of imidazole rings is 1. The van der Waals surface area contributed by atoms with Crippen molar-refractivity contribution >= 4 is 17.2 Å². The van der Waals surface area contributed by atoms with E-state index in [1.165, 1.54) is 18.4 Å². The second-order valence-electron chi connectivity index (χ2n) is 5.73. The van der Waals surface area contributed by atoms with Crippen LogP contribution >= 0.6 is 0 Å². The molecule has 0 saturated heterocycles. The first-order chi connectivity index (χ1) is 11.2. The van der Waals surface area contributed by atoms with Crippen LogP contribution in [-0.4, -0.2) is 15.3 Å². The summed E-state index contributed by atoms with van der Waals surface area (Å²) in [7, 11) is 0. The number of hydrogen-bond donors (Lipinski definition) is 1. The SMILES string of the molecule is CCCCc1ccc(NC(=O)c2c(C)nc3ccccn23)cc1. The summed E-state index contributed by atoms with van der Waals surface area (Å²) in [4.78, 5) is 17.0. The molecule has 118 valence electrons. The molecule has 4 heteroatoms. The van der Waals surface area contributed by atoms with Gasteiger partial charge in [-0.2, -0.15) is 0 Å². The Balaban J connectivity index is 1.79. The van der Waals surface area contributed by atoms with Crippen molar-refractivity contribution in [2.45, 2.75) is 33.1 Å². The maximum Gasteiger partial charge on any atom is 0.274 e. The molecule has 0 saturated carbocycles. The first-order valence-corrected chi connectivity index (χ1v) is 8.03. The summed E-state index contributed by atoms with van der Waals surface area (Å²) in [6, 6.07) is 13.8. The molecule has 2 aromatic heterocycles. The highest BCUT2D eigenvalue weighted by Crippen LogP contribution is 2.16. The summed E-state index contributed by atoms with van der Waals surface area (Å²) >= 11 is 0. The number of carbonyl (C=O) groups excluding carboxylic acids is 1. The average Bonchev–Trinajstić information content (AvgIpc) is 2.90. The molecule has 0 aliphatic carbocycles. The standard InChI is InChI=1S/C19H21N3O/c1-3-4-7-15-9-11-16(12-10-15)21-19(23)18-14(2)20-17-8-5-6-13-22(17)18/h5-6,8-13H,3-4,7H2,1-2H3,(H,21,23). The highest BCUT2D eigenvalue weighted by atomic mass is 16.2. The lowest BCUT2D eigenvalue weighted by atomic mass is 10.1. The van der Waals surface area contributed by atoms with E-state index in [1.54, 1.807) is 0 Å². The topological polar surface area (TPSA) is 46.4 Å². The Morgan fingerprint density at radius 2 is 1.96 bits per heavy atom. The fourth-order valence-electron chi connectivity index (χ4n) is 2.71. The predicted molar refractivity (Wildman–Crippen MR) is 92.9 cm³/mol. The van der Waals surface area contributed by atoms with Crippen LogP contribution in [0.1, 0.15) is 41.5 Å². The number of aryl methyl sites for hydroxylation is 2. The minimum atomic E-state index is -0.137. The molecular formula is C19H21N3O. The summed E-state index contributed by atoms with van der Waals surface area (Å²) in [5.41, 5.74) is 4.20. The van der Waals surface area contributed by atoms with Crippen molar-refractivity contribution < 1.29 is 4.79 Å². The summed E-state index contributed by atoms with van der Waals surface area (Å²) < 4.78 is 1.82. The van der Waals surface area contributed by atoms with Crippen LogP contribution in [0, 0.1) is 6.92 Å². The van der Waals surface area contributed by atoms with Crippen LogP contribution in [0.2, 0.25) is 0 Å². The van der Waals surface area contributed by atoms with Crippen LogP contribution in [0.15, 0.2) is 48.7 Å². The van der Waals surface area contributed by atoms with Crippen molar-refractivity contribution in [1.29, 1.82) is 0 Å².